The van der Waals surface area contributed by atoms with Crippen LogP contribution in [0.2, 0.25) is 0 Å². The van der Waals surface area contributed by atoms with Crippen LogP contribution in [-0.2, 0) is 12.8 Å². The van der Waals surface area contributed by atoms with Crippen LogP contribution in [0.1, 0.15) is 27.0 Å². The molecule has 0 unspecified atom stereocenters. The Bertz CT molecular complexity index is 601. The molecule has 0 bridgehead atoms. The van der Waals surface area contributed by atoms with E-state index < -0.39 is 4.92 Å². The summed E-state index contributed by atoms with van der Waals surface area (Å²) >= 11 is 1.51. The van der Waals surface area contributed by atoms with Crippen LogP contribution < -0.4 is 0 Å². The Morgan fingerprint density at radius 2 is 1.89 bits per heavy atom. The van der Waals surface area contributed by atoms with E-state index in [9.17, 15) is 14.9 Å². The molecule has 5 heteroatoms. The standard InChI is InChI=1S/C14H13NO3S/c1-2-12-7-8-14(19-12)13(16)9-10-3-5-11(6-4-10)15(17)18/h3-8H,2,9H2,1H3. The predicted octanol–water partition coefficient (Wildman–Crippen LogP) is 3.64. The quantitative estimate of drug-likeness (QED) is 0.475. The minimum Gasteiger partial charge on any atom is -0.293 e. The van der Waals surface area contributed by atoms with Gasteiger partial charge in [0.1, 0.15) is 0 Å². The Labute approximate surface area is 114 Å². The molecule has 19 heavy (non-hydrogen) atoms. The van der Waals surface area contributed by atoms with Gasteiger partial charge in [-0.05, 0) is 24.1 Å². The van der Waals surface area contributed by atoms with Crippen LogP contribution in [-0.4, -0.2) is 10.7 Å². The van der Waals surface area contributed by atoms with E-state index in [4.69, 9.17) is 0 Å². The van der Waals surface area contributed by atoms with E-state index in [2.05, 4.69) is 6.92 Å². The summed E-state index contributed by atoms with van der Waals surface area (Å²) in [5.41, 5.74) is 0.836. The van der Waals surface area contributed by atoms with E-state index in [1.54, 1.807) is 12.1 Å². The third-order valence-corrected chi connectivity index (χ3v) is 4.07. The number of hydrogen-bond acceptors (Lipinski definition) is 4. The molecule has 0 N–H and O–H groups in total. The fourth-order valence-electron chi connectivity index (χ4n) is 1.73. The van der Waals surface area contributed by atoms with Gasteiger partial charge in [0, 0.05) is 23.4 Å². The monoisotopic (exact) mass is 275 g/mol. The molecule has 0 amide bonds. The number of Topliss-reactive ketones (excluding diaryl/α,β-unsaturated/α-hetero) is 1. The highest BCUT2D eigenvalue weighted by atomic mass is 32.1. The van der Waals surface area contributed by atoms with Crippen molar-refractivity contribution in [3.05, 3.63) is 61.8 Å². The average molecular weight is 275 g/mol. The number of ketones is 1. The Hall–Kier alpha value is -2.01. The number of hydrogen-bond donors (Lipinski definition) is 0. The zero-order chi connectivity index (χ0) is 13.8. The maximum Gasteiger partial charge on any atom is 0.269 e. The van der Waals surface area contributed by atoms with Crippen LogP contribution in [0.5, 0.6) is 0 Å². The molecule has 1 aromatic heterocycles. The Morgan fingerprint density at radius 3 is 2.42 bits per heavy atom. The molecule has 0 radical (unpaired) electrons. The van der Waals surface area contributed by atoms with Crippen LogP contribution >= 0.6 is 11.3 Å². The zero-order valence-electron chi connectivity index (χ0n) is 10.5. The zero-order valence-corrected chi connectivity index (χ0v) is 11.3. The largest absolute Gasteiger partial charge is 0.293 e. The first-order valence-corrected chi connectivity index (χ1v) is 6.77. The van der Waals surface area contributed by atoms with Crippen LogP contribution in [0.25, 0.3) is 0 Å². The second-order valence-corrected chi connectivity index (χ2v) is 5.31. The van der Waals surface area contributed by atoms with Gasteiger partial charge in [-0.1, -0.05) is 19.1 Å². The van der Waals surface area contributed by atoms with E-state index in [0.717, 1.165) is 16.9 Å². The van der Waals surface area contributed by atoms with Gasteiger partial charge < -0.3 is 0 Å². The van der Waals surface area contributed by atoms with Crippen LogP contribution in [0.4, 0.5) is 5.69 Å². The SMILES string of the molecule is CCc1ccc(C(=O)Cc2ccc([N+](=O)[O-])cc2)s1. The number of nitro groups is 1. The maximum absolute atomic E-state index is 12.0. The lowest BCUT2D eigenvalue weighted by molar-refractivity contribution is -0.384. The van der Waals surface area contributed by atoms with Crippen molar-refractivity contribution in [2.24, 2.45) is 0 Å². The number of carbonyl (C=O) groups excluding carboxylic acids is 1. The highest BCUT2D eigenvalue weighted by molar-refractivity contribution is 7.14. The van der Waals surface area contributed by atoms with Gasteiger partial charge in [0.05, 0.1) is 9.80 Å². The molecule has 98 valence electrons. The second kappa shape index (κ2) is 5.75. The highest BCUT2D eigenvalue weighted by Crippen LogP contribution is 2.20. The smallest absolute Gasteiger partial charge is 0.269 e. The van der Waals surface area contributed by atoms with Crippen molar-refractivity contribution in [1.82, 2.24) is 0 Å². The number of carbonyl (C=O) groups is 1. The number of non-ortho nitro benzene ring substituents is 1. The van der Waals surface area contributed by atoms with E-state index in [-0.39, 0.29) is 17.9 Å². The number of thiophene rings is 1. The molecule has 0 fully saturated rings. The Morgan fingerprint density at radius 1 is 1.21 bits per heavy atom. The highest BCUT2D eigenvalue weighted by Gasteiger charge is 2.11. The summed E-state index contributed by atoms with van der Waals surface area (Å²) in [4.78, 5) is 24.1. The normalized spacial score (nSPS) is 10.4. The molecule has 4 nitrogen and oxygen atoms in total. The van der Waals surface area contributed by atoms with Crippen molar-refractivity contribution in [1.29, 1.82) is 0 Å². The lowest BCUT2D eigenvalue weighted by Crippen LogP contribution is -2.01. The fourth-order valence-corrected chi connectivity index (χ4v) is 2.61. The van der Waals surface area contributed by atoms with E-state index in [0.29, 0.717) is 0 Å². The molecular formula is C14H13NO3S. The Balaban J connectivity index is 2.08. The van der Waals surface area contributed by atoms with E-state index >= 15 is 0 Å². The van der Waals surface area contributed by atoms with Crippen molar-refractivity contribution < 1.29 is 9.72 Å². The molecule has 0 aliphatic carbocycles. The number of rotatable bonds is 5. The molecular weight excluding hydrogens is 262 g/mol. The predicted molar refractivity (Wildman–Crippen MR) is 74.8 cm³/mol. The van der Waals surface area contributed by atoms with Crippen LogP contribution in [0, 0.1) is 10.1 Å². The van der Waals surface area contributed by atoms with Crippen molar-refractivity contribution in [2.45, 2.75) is 19.8 Å². The topological polar surface area (TPSA) is 60.2 Å². The van der Waals surface area contributed by atoms with Gasteiger partial charge in [-0.15, -0.1) is 11.3 Å². The first-order valence-electron chi connectivity index (χ1n) is 5.95. The Kier molecular flexibility index (Phi) is 4.06. The van der Waals surface area contributed by atoms with Gasteiger partial charge in [0.25, 0.3) is 5.69 Å². The molecule has 0 saturated carbocycles. The van der Waals surface area contributed by atoms with Gasteiger partial charge in [-0.25, -0.2) is 0 Å². The summed E-state index contributed by atoms with van der Waals surface area (Å²) in [5, 5.41) is 10.5. The molecule has 1 aromatic carbocycles. The second-order valence-electron chi connectivity index (χ2n) is 4.14. The van der Waals surface area contributed by atoms with Gasteiger partial charge >= 0.3 is 0 Å². The number of nitrogens with zero attached hydrogens (tertiary/aromatic N) is 1. The number of nitro benzene ring substituents is 1. The van der Waals surface area contributed by atoms with E-state index in [1.165, 1.54) is 28.3 Å². The first-order chi connectivity index (χ1) is 9.10. The summed E-state index contributed by atoms with van der Waals surface area (Å²) < 4.78 is 0. The summed E-state index contributed by atoms with van der Waals surface area (Å²) in [5.74, 6) is 0.0542. The van der Waals surface area contributed by atoms with Crippen molar-refractivity contribution >= 4 is 22.8 Å². The molecule has 1 heterocycles. The van der Waals surface area contributed by atoms with Crippen LogP contribution in [0.15, 0.2) is 36.4 Å². The van der Waals surface area contributed by atoms with Gasteiger partial charge in [-0.2, -0.15) is 0 Å². The summed E-state index contributed by atoms with van der Waals surface area (Å²) in [6.45, 7) is 2.05. The number of benzene rings is 1. The fraction of sp³-hybridized carbons (Fsp3) is 0.214. The van der Waals surface area contributed by atoms with Crippen molar-refractivity contribution in [3.8, 4) is 0 Å². The lowest BCUT2D eigenvalue weighted by Gasteiger charge is -1.99. The maximum atomic E-state index is 12.0. The third kappa shape index (κ3) is 3.26. The van der Waals surface area contributed by atoms with E-state index in [1.807, 2.05) is 12.1 Å². The summed E-state index contributed by atoms with van der Waals surface area (Å²) in [6, 6.07) is 9.92. The summed E-state index contributed by atoms with van der Waals surface area (Å²) in [7, 11) is 0. The minimum absolute atomic E-state index is 0.0422. The van der Waals surface area contributed by atoms with Gasteiger partial charge in [0.2, 0.25) is 0 Å². The molecule has 0 atom stereocenters. The molecule has 0 saturated heterocycles. The summed E-state index contributed by atoms with van der Waals surface area (Å²) in [6.07, 6.45) is 1.21. The third-order valence-electron chi connectivity index (χ3n) is 2.80. The number of aryl methyl sites for hydroxylation is 1. The van der Waals surface area contributed by atoms with Gasteiger partial charge in [0.15, 0.2) is 5.78 Å². The molecule has 0 spiro atoms. The molecule has 2 rings (SSSR count). The van der Waals surface area contributed by atoms with Gasteiger partial charge in [-0.3, -0.25) is 14.9 Å². The lowest BCUT2D eigenvalue weighted by atomic mass is 10.1. The first kappa shape index (κ1) is 13.4. The molecule has 0 aliphatic heterocycles. The molecule has 0 aliphatic rings. The van der Waals surface area contributed by atoms with Crippen molar-refractivity contribution in [2.75, 3.05) is 0 Å². The minimum atomic E-state index is -0.446. The van der Waals surface area contributed by atoms with Crippen molar-refractivity contribution in [3.63, 3.8) is 0 Å². The average Bonchev–Trinajstić information content (AvgIpc) is 2.88. The van der Waals surface area contributed by atoms with Crippen LogP contribution in [0.3, 0.4) is 0 Å². The molecule has 2 aromatic rings.